The number of sulfonamides is 1. The fourth-order valence-corrected chi connectivity index (χ4v) is 2.72. The number of rotatable bonds is 2. The van der Waals surface area contributed by atoms with Gasteiger partial charge in [-0.2, -0.15) is 8.42 Å². The number of nitrogens with zero attached hydrogens (tertiary/aromatic N) is 1. The molecule has 0 saturated carbocycles. The minimum Gasteiger partial charge on any atom is -0.210 e. The van der Waals surface area contributed by atoms with Crippen molar-refractivity contribution < 1.29 is 13.2 Å². The van der Waals surface area contributed by atoms with Gasteiger partial charge in [0, 0.05) is 0 Å². The predicted octanol–water partition coefficient (Wildman–Crippen LogP) is 1.24. The van der Waals surface area contributed by atoms with Gasteiger partial charge in [0.25, 0.3) is 16.1 Å². The minimum absolute atomic E-state index is 0.139. The van der Waals surface area contributed by atoms with Crippen molar-refractivity contribution in [2.75, 3.05) is 0 Å². The van der Waals surface area contributed by atoms with E-state index in [1.54, 1.807) is 6.08 Å². The molecule has 74 valence electrons. The van der Waals surface area contributed by atoms with Crippen molar-refractivity contribution in [3.63, 3.8) is 0 Å². The largest absolute Gasteiger partial charge is 0.293 e. The average molecular weight is 294 g/mol. The van der Waals surface area contributed by atoms with Crippen molar-refractivity contribution in [2.24, 2.45) is 4.40 Å². The van der Waals surface area contributed by atoms with Crippen LogP contribution in [0.3, 0.4) is 0 Å². The van der Waals surface area contributed by atoms with Gasteiger partial charge in [0.2, 0.25) is 0 Å². The van der Waals surface area contributed by atoms with E-state index in [0.717, 1.165) is 6.08 Å². The standard InChI is InChI=1S/C7H4BrNO3S2/c8-5-2-1-3-6(7(5)13)14(11,12)9-4-10/h1-3,5H. The summed E-state index contributed by atoms with van der Waals surface area (Å²) in [5, 5.41) is 0. The highest BCUT2D eigenvalue weighted by atomic mass is 79.9. The second-order valence-corrected chi connectivity index (χ2v) is 5.34. The normalized spacial score (nSPS) is 21.4. The predicted molar refractivity (Wildman–Crippen MR) is 59.6 cm³/mol. The molecule has 14 heavy (non-hydrogen) atoms. The summed E-state index contributed by atoms with van der Waals surface area (Å²) in [4.78, 5) is 9.60. The van der Waals surface area contributed by atoms with Crippen molar-refractivity contribution in [3.05, 3.63) is 23.1 Å². The maximum Gasteiger partial charge on any atom is 0.293 e. The smallest absolute Gasteiger partial charge is 0.210 e. The van der Waals surface area contributed by atoms with Crippen molar-refractivity contribution in [3.8, 4) is 0 Å². The Morgan fingerprint density at radius 1 is 1.57 bits per heavy atom. The molecular formula is C7H4BrNO3S2. The van der Waals surface area contributed by atoms with Crippen LogP contribution in [0.1, 0.15) is 0 Å². The first kappa shape index (κ1) is 11.5. The molecule has 0 bridgehead atoms. The zero-order valence-corrected chi connectivity index (χ0v) is 9.89. The summed E-state index contributed by atoms with van der Waals surface area (Å²) in [7, 11) is -3.98. The number of halogens is 1. The lowest BCUT2D eigenvalue weighted by Crippen LogP contribution is -2.19. The van der Waals surface area contributed by atoms with Gasteiger partial charge in [-0.15, -0.1) is 0 Å². The van der Waals surface area contributed by atoms with Crippen LogP contribution in [0.25, 0.3) is 0 Å². The Hall–Kier alpha value is -0.620. The Kier molecular flexibility index (Phi) is 3.49. The molecule has 1 aliphatic carbocycles. The van der Waals surface area contributed by atoms with E-state index in [2.05, 4.69) is 20.3 Å². The molecule has 0 aromatic carbocycles. The molecule has 0 spiro atoms. The third-order valence-corrected chi connectivity index (χ3v) is 4.35. The van der Waals surface area contributed by atoms with Crippen molar-refractivity contribution in [1.29, 1.82) is 0 Å². The third kappa shape index (κ3) is 2.24. The van der Waals surface area contributed by atoms with E-state index in [1.165, 1.54) is 12.2 Å². The summed E-state index contributed by atoms with van der Waals surface area (Å²) < 4.78 is 25.3. The van der Waals surface area contributed by atoms with Gasteiger partial charge in [-0.05, 0) is 6.08 Å². The first-order valence-corrected chi connectivity index (χ1v) is 6.16. The molecule has 0 aliphatic heterocycles. The van der Waals surface area contributed by atoms with Crippen LogP contribution in [0.15, 0.2) is 27.5 Å². The van der Waals surface area contributed by atoms with Crippen LogP contribution >= 0.6 is 28.1 Å². The number of hydrogen-bond acceptors (Lipinski definition) is 4. The Balaban J connectivity index is 3.24. The van der Waals surface area contributed by atoms with Crippen LogP contribution in [0.4, 0.5) is 0 Å². The number of isocyanates is 1. The molecular weight excluding hydrogens is 290 g/mol. The number of alkyl halides is 1. The minimum atomic E-state index is -3.98. The molecule has 0 saturated heterocycles. The van der Waals surface area contributed by atoms with Crippen LogP contribution in [0.2, 0.25) is 0 Å². The topological polar surface area (TPSA) is 63.6 Å². The second-order valence-electron chi connectivity index (χ2n) is 2.34. The molecule has 0 amide bonds. The first-order chi connectivity index (χ1) is 6.49. The van der Waals surface area contributed by atoms with Crippen LogP contribution in [0, 0.1) is 0 Å². The number of allylic oxidation sites excluding steroid dienone is 4. The molecule has 7 heteroatoms. The van der Waals surface area contributed by atoms with Crippen LogP contribution in [-0.2, 0) is 14.8 Å². The quantitative estimate of drug-likeness (QED) is 0.333. The van der Waals surface area contributed by atoms with E-state index >= 15 is 0 Å². The molecule has 0 aromatic heterocycles. The van der Waals surface area contributed by atoms with Crippen molar-refractivity contribution >= 4 is 49.1 Å². The second kappa shape index (κ2) is 4.27. The van der Waals surface area contributed by atoms with Crippen LogP contribution in [0.5, 0.6) is 0 Å². The maximum absolute atomic E-state index is 11.3. The summed E-state index contributed by atoms with van der Waals surface area (Å²) in [5.74, 6) is 0. The highest BCUT2D eigenvalue weighted by Gasteiger charge is 2.26. The molecule has 0 N–H and O–H groups in total. The highest BCUT2D eigenvalue weighted by Crippen LogP contribution is 2.22. The number of thiocarbonyl (C=S) groups is 1. The lowest BCUT2D eigenvalue weighted by molar-refractivity contribution is 0.564. The van der Waals surface area contributed by atoms with Gasteiger partial charge >= 0.3 is 0 Å². The Bertz CT molecular complexity index is 471. The van der Waals surface area contributed by atoms with Gasteiger partial charge in [-0.25, -0.2) is 4.79 Å². The highest BCUT2D eigenvalue weighted by molar-refractivity contribution is 9.10. The molecule has 4 nitrogen and oxygen atoms in total. The summed E-state index contributed by atoms with van der Waals surface area (Å²) in [5.41, 5.74) is 0. The fraction of sp³-hybridized carbons (Fsp3) is 0.143. The van der Waals surface area contributed by atoms with Gasteiger partial charge in [0.15, 0.2) is 0 Å². The van der Waals surface area contributed by atoms with Gasteiger partial charge in [-0.3, -0.25) is 0 Å². The van der Waals surface area contributed by atoms with Crippen molar-refractivity contribution in [2.45, 2.75) is 4.83 Å². The van der Waals surface area contributed by atoms with Gasteiger partial charge < -0.3 is 0 Å². The van der Waals surface area contributed by atoms with Crippen LogP contribution < -0.4 is 0 Å². The summed E-state index contributed by atoms with van der Waals surface area (Å²) in [6, 6.07) is 0. The molecule has 1 unspecified atom stereocenters. The fourth-order valence-electron chi connectivity index (χ4n) is 0.857. The molecule has 1 rings (SSSR count). The summed E-state index contributed by atoms with van der Waals surface area (Å²) >= 11 is 8.04. The third-order valence-electron chi connectivity index (χ3n) is 1.46. The Morgan fingerprint density at radius 2 is 2.21 bits per heavy atom. The van der Waals surface area contributed by atoms with E-state index in [4.69, 9.17) is 12.2 Å². The van der Waals surface area contributed by atoms with E-state index < -0.39 is 10.0 Å². The zero-order valence-electron chi connectivity index (χ0n) is 6.68. The van der Waals surface area contributed by atoms with E-state index in [-0.39, 0.29) is 14.6 Å². The van der Waals surface area contributed by atoms with E-state index in [1.807, 2.05) is 0 Å². The molecule has 1 atom stereocenters. The molecule has 0 fully saturated rings. The van der Waals surface area contributed by atoms with Crippen molar-refractivity contribution in [1.82, 2.24) is 0 Å². The summed E-state index contributed by atoms with van der Waals surface area (Å²) in [6.45, 7) is 0. The average Bonchev–Trinajstić information content (AvgIpc) is 2.09. The molecule has 0 aromatic rings. The van der Waals surface area contributed by atoms with Gasteiger partial charge in [0.1, 0.15) is 4.91 Å². The maximum atomic E-state index is 11.3. The number of carbonyl (C=O) groups excluding carboxylic acids is 1. The monoisotopic (exact) mass is 293 g/mol. The lowest BCUT2D eigenvalue weighted by atomic mass is 10.2. The zero-order chi connectivity index (χ0) is 10.8. The van der Waals surface area contributed by atoms with E-state index in [0.29, 0.717) is 0 Å². The SMILES string of the molecule is O=C=NS(=O)(=O)C1=CC=CC(Br)C1=S. The van der Waals surface area contributed by atoms with E-state index in [9.17, 15) is 13.2 Å². The van der Waals surface area contributed by atoms with Crippen LogP contribution in [-0.4, -0.2) is 24.2 Å². The first-order valence-electron chi connectivity index (χ1n) is 3.40. The van der Waals surface area contributed by atoms with Gasteiger partial charge in [-0.1, -0.05) is 44.7 Å². The Morgan fingerprint density at radius 3 is 2.79 bits per heavy atom. The molecule has 1 aliphatic rings. The summed E-state index contributed by atoms with van der Waals surface area (Å²) in [6.07, 6.45) is 5.51. The lowest BCUT2D eigenvalue weighted by Gasteiger charge is -2.11. The van der Waals surface area contributed by atoms with Gasteiger partial charge in [0.05, 0.1) is 9.69 Å². The number of hydrogen-bond donors (Lipinski definition) is 0. The molecule has 0 radical (unpaired) electrons. The Labute approximate surface area is 94.6 Å². The molecule has 0 heterocycles.